The zero-order valence-electron chi connectivity index (χ0n) is 12.9. The highest BCUT2D eigenvalue weighted by molar-refractivity contribution is 7.14. The Labute approximate surface area is 129 Å². The molecule has 0 saturated heterocycles. The number of anilines is 1. The number of aryl methyl sites for hydroxylation is 3. The fraction of sp³-hybridized carbons (Fsp3) is 0.412. The number of carbonyl (C=O) groups excluding carboxylic acids is 1. The largest absolute Gasteiger partial charge is 0.302 e. The van der Waals surface area contributed by atoms with E-state index >= 15 is 0 Å². The predicted molar refractivity (Wildman–Crippen MR) is 87.7 cm³/mol. The summed E-state index contributed by atoms with van der Waals surface area (Å²) in [5.74, 6) is 0.812. The Bertz CT molecular complexity index is 705. The zero-order chi connectivity index (χ0) is 15.1. The van der Waals surface area contributed by atoms with Crippen molar-refractivity contribution >= 4 is 22.4 Å². The molecule has 1 fully saturated rings. The molecule has 0 bridgehead atoms. The first kappa shape index (κ1) is 14.3. The molecule has 2 aromatic rings. The van der Waals surface area contributed by atoms with Gasteiger partial charge in [0.25, 0.3) is 0 Å². The normalized spacial score (nSPS) is 20.4. The number of thiazole rings is 1. The maximum Gasteiger partial charge on any atom is 0.229 e. The molecule has 1 aliphatic rings. The van der Waals surface area contributed by atoms with Gasteiger partial charge in [-0.1, -0.05) is 13.0 Å². The average molecular weight is 300 g/mol. The highest BCUT2D eigenvalue weighted by Crippen LogP contribution is 2.39. The number of hydrogen-bond acceptors (Lipinski definition) is 3. The van der Waals surface area contributed by atoms with Crippen LogP contribution in [0.2, 0.25) is 0 Å². The third-order valence-corrected chi connectivity index (χ3v) is 5.05. The van der Waals surface area contributed by atoms with Crippen molar-refractivity contribution in [2.75, 3.05) is 5.32 Å². The number of aromatic nitrogens is 1. The van der Waals surface area contributed by atoms with E-state index in [4.69, 9.17) is 0 Å². The number of nitrogens with one attached hydrogen (secondary N) is 1. The van der Waals surface area contributed by atoms with Crippen LogP contribution in [-0.4, -0.2) is 10.9 Å². The van der Waals surface area contributed by atoms with Gasteiger partial charge in [0.1, 0.15) is 0 Å². The lowest BCUT2D eigenvalue weighted by Gasteiger charge is -2.07. The fourth-order valence-corrected chi connectivity index (χ4v) is 3.29. The summed E-state index contributed by atoms with van der Waals surface area (Å²) in [6.07, 6.45) is 1.00. The molecule has 1 saturated carbocycles. The minimum atomic E-state index is 0.111. The summed E-state index contributed by atoms with van der Waals surface area (Å²) in [5.41, 5.74) is 5.87. The summed E-state index contributed by atoms with van der Waals surface area (Å²) in [6, 6.07) is 4.36. The molecule has 3 rings (SSSR count). The minimum absolute atomic E-state index is 0.111. The topological polar surface area (TPSA) is 42.0 Å². The molecule has 0 spiro atoms. The van der Waals surface area contributed by atoms with Gasteiger partial charge in [0.15, 0.2) is 5.13 Å². The van der Waals surface area contributed by atoms with Gasteiger partial charge in [-0.05, 0) is 55.9 Å². The average Bonchev–Trinajstić information content (AvgIpc) is 2.98. The van der Waals surface area contributed by atoms with E-state index < -0.39 is 0 Å². The van der Waals surface area contributed by atoms with Crippen LogP contribution in [0.15, 0.2) is 17.5 Å². The first-order valence-electron chi connectivity index (χ1n) is 7.30. The number of benzene rings is 1. The molecule has 4 heteroatoms. The number of carbonyl (C=O) groups is 1. The smallest absolute Gasteiger partial charge is 0.229 e. The minimum Gasteiger partial charge on any atom is -0.302 e. The second-order valence-electron chi connectivity index (χ2n) is 6.10. The number of hydrogen-bond donors (Lipinski definition) is 1. The molecule has 1 N–H and O–H groups in total. The van der Waals surface area contributed by atoms with E-state index in [1.807, 2.05) is 5.38 Å². The molecular weight excluding hydrogens is 280 g/mol. The Kier molecular flexibility index (Phi) is 3.57. The van der Waals surface area contributed by atoms with Crippen LogP contribution in [0.1, 0.15) is 30.0 Å². The van der Waals surface area contributed by atoms with Gasteiger partial charge < -0.3 is 5.32 Å². The lowest BCUT2D eigenvalue weighted by Crippen LogP contribution is -2.14. The van der Waals surface area contributed by atoms with Crippen LogP contribution < -0.4 is 5.32 Å². The molecule has 0 unspecified atom stereocenters. The third kappa shape index (κ3) is 2.86. The Balaban J connectivity index is 1.81. The van der Waals surface area contributed by atoms with Crippen molar-refractivity contribution in [3.63, 3.8) is 0 Å². The van der Waals surface area contributed by atoms with Gasteiger partial charge in [-0.15, -0.1) is 11.3 Å². The van der Waals surface area contributed by atoms with E-state index in [2.05, 4.69) is 50.1 Å². The van der Waals surface area contributed by atoms with E-state index in [0.29, 0.717) is 11.0 Å². The van der Waals surface area contributed by atoms with Crippen molar-refractivity contribution < 1.29 is 4.79 Å². The summed E-state index contributed by atoms with van der Waals surface area (Å²) in [4.78, 5) is 16.5. The molecule has 3 nitrogen and oxygen atoms in total. The Morgan fingerprint density at radius 3 is 2.57 bits per heavy atom. The van der Waals surface area contributed by atoms with Gasteiger partial charge in [-0.3, -0.25) is 4.79 Å². The van der Waals surface area contributed by atoms with Crippen LogP contribution in [-0.2, 0) is 4.79 Å². The second kappa shape index (κ2) is 5.26. The maximum absolute atomic E-state index is 12.0. The van der Waals surface area contributed by atoms with Gasteiger partial charge in [-0.2, -0.15) is 0 Å². The van der Waals surface area contributed by atoms with Crippen molar-refractivity contribution in [2.45, 2.75) is 34.1 Å². The molecule has 2 atom stereocenters. The molecule has 1 amide bonds. The molecule has 0 aliphatic heterocycles. The molecule has 110 valence electrons. The monoisotopic (exact) mass is 300 g/mol. The summed E-state index contributed by atoms with van der Waals surface area (Å²) in [5, 5.41) is 5.66. The highest BCUT2D eigenvalue weighted by atomic mass is 32.1. The summed E-state index contributed by atoms with van der Waals surface area (Å²) in [6.45, 7) is 8.44. The van der Waals surface area contributed by atoms with Crippen molar-refractivity contribution in [1.29, 1.82) is 0 Å². The molecule has 0 radical (unpaired) electrons. The van der Waals surface area contributed by atoms with Gasteiger partial charge in [0.05, 0.1) is 5.69 Å². The van der Waals surface area contributed by atoms with Crippen LogP contribution in [0.5, 0.6) is 0 Å². The molecule has 1 heterocycles. The lowest BCUT2D eigenvalue weighted by molar-refractivity contribution is -0.117. The lowest BCUT2D eigenvalue weighted by atomic mass is 9.99. The Hall–Kier alpha value is -1.68. The Morgan fingerprint density at radius 1 is 1.24 bits per heavy atom. The second-order valence-corrected chi connectivity index (χ2v) is 6.96. The van der Waals surface area contributed by atoms with Crippen molar-refractivity contribution in [1.82, 2.24) is 4.98 Å². The quantitative estimate of drug-likeness (QED) is 0.916. The van der Waals surface area contributed by atoms with Crippen LogP contribution in [0.3, 0.4) is 0 Å². The Morgan fingerprint density at radius 2 is 1.90 bits per heavy atom. The molecule has 21 heavy (non-hydrogen) atoms. The maximum atomic E-state index is 12.0. The number of rotatable bonds is 3. The summed E-state index contributed by atoms with van der Waals surface area (Å²) >= 11 is 1.49. The van der Waals surface area contributed by atoms with E-state index in [1.165, 1.54) is 28.0 Å². The van der Waals surface area contributed by atoms with Crippen molar-refractivity contribution in [3.05, 3.63) is 34.2 Å². The standard InChI is InChI=1S/C17H20N2OS/c1-9-5-11(3)13(6-10(9)2)15-8-21-17(18-15)19-16(20)14-7-12(14)4/h5-6,8,12,14H,7H2,1-4H3,(H,18,19,20)/t12-,14+/m0/s1. The van der Waals surface area contributed by atoms with E-state index in [9.17, 15) is 4.79 Å². The molecule has 1 aliphatic carbocycles. The van der Waals surface area contributed by atoms with Crippen molar-refractivity contribution in [3.8, 4) is 11.3 Å². The number of nitrogens with zero attached hydrogens (tertiary/aromatic N) is 1. The van der Waals surface area contributed by atoms with Gasteiger partial charge in [0, 0.05) is 16.9 Å². The zero-order valence-corrected chi connectivity index (χ0v) is 13.7. The van der Waals surface area contributed by atoms with Crippen LogP contribution in [0, 0.1) is 32.6 Å². The first-order valence-corrected chi connectivity index (χ1v) is 8.18. The van der Waals surface area contributed by atoms with Crippen LogP contribution in [0.25, 0.3) is 11.3 Å². The molecular formula is C17H20N2OS. The van der Waals surface area contributed by atoms with E-state index in [1.54, 1.807) is 0 Å². The molecule has 1 aromatic carbocycles. The van der Waals surface area contributed by atoms with Gasteiger partial charge in [-0.25, -0.2) is 4.98 Å². The van der Waals surface area contributed by atoms with Gasteiger partial charge in [0.2, 0.25) is 5.91 Å². The van der Waals surface area contributed by atoms with Crippen LogP contribution >= 0.6 is 11.3 Å². The number of amides is 1. The predicted octanol–water partition coefficient (Wildman–Crippen LogP) is 4.33. The molecule has 1 aromatic heterocycles. The van der Waals surface area contributed by atoms with Gasteiger partial charge >= 0.3 is 0 Å². The first-order chi connectivity index (χ1) is 9.95. The van der Waals surface area contributed by atoms with Crippen LogP contribution in [0.4, 0.5) is 5.13 Å². The SMILES string of the molecule is Cc1cc(C)c(-c2csc(NC(=O)[C@@H]3C[C@@H]3C)n2)cc1C. The van der Waals surface area contributed by atoms with E-state index in [-0.39, 0.29) is 11.8 Å². The van der Waals surface area contributed by atoms with Crippen molar-refractivity contribution in [2.24, 2.45) is 11.8 Å². The highest BCUT2D eigenvalue weighted by Gasteiger charge is 2.39. The fourth-order valence-electron chi connectivity index (χ4n) is 2.58. The van der Waals surface area contributed by atoms with E-state index in [0.717, 1.165) is 17.7 Å². The summed E-state index contributed by atoms with van der Waals surface area (Å²) < 4.78 is 0. The third-order valence-electron chi connectivity index (χ3n) is 4.30. The summed E-state index contributed by atoms with van der Waals surface area (Å²) in [7, 11) is 0.